The van der Waals surface area contributed by atoms with Crippen molar-refractivity contribution in [1.29, 1.82) is 0 Å². The largest absolute Gasteiger partial charge is 0.304 e. The van der Waals surface area contributed by atoms with Crippen LogP contribution in [0.5, 0.6) is 0 Å². The van der Waals surface area contributed by atoms with Gasteiger partial charge in [-0.05, 0) is 125 Å². The number of aromatic nitrogens is 4. The van der Waals surface area contributed by atoms with Crippen molar-refractivity contribution in [3.63, 3.8) is 0 Å². The number of aryl methyl sites for hydroxylation is 4. The molecule has 12 rings (SSSR count). The van der Waals surface area contributed by atoms with Crippen LogP contribution < -0.4 is 0 Å². The summed E-state index contributed by atoms with van der Waals surface area (Å²) in [6.07, 6.45) is 7.38. The smallest absolute Gasteiger partial charge is 0.129 e. The van der Waals surface area contributed by atoms with Crippen molar-refractivity contribution in [2.75, 3.05) is 0 Å². The normalized spacial score (nSPS) is 9.96. The molecule has 0 atom stereocenters. The van der Waals surface area contributed by atoms with Crippen LogP contribution in [0.2, 0.25) is 0 Å². The van der Waals surface area contributed by atoms with Gasteiger partial charge in [0.1, 0.15) is 17.5 Å². The standard InChI is InChI=1S/3C18H13FN.C18H14N.4Ir/c1-13-8-9-18(20-12-13)16-6-2-4-14(10-16)15-5-3-7-17(19)11-15;1-13-9-10-18(20-12-13)15-6-4-5-14(11-15)16-7-2-3-8-17(16)19;1-13-5-10-18(20-12-13)16-4-2-3-15(11-16)14-6-8-17(19)9-7-14;1-14-10-11-18(19-13-14)17-9-5-8-16(12-17)15-6-3-2-4-7-15;;;;/h2*2-5,7-12H,1H3;2-3,5-12H,1H3;2-8,10-13H,1H3;;;;/q4*-1;;;;. The van der Waals surface area contributed by atoms with Crippen molar-refractivity contribution in [3.05, 3.63) is 313 Å². The number of rotatable bonds is 8. The maximum absolute atomic E-state index is 13.8. The fourth-order valence-electron chi connectivity index (χ4n) is 8.31. The molecule has 422 valence electrons. The molecule has 12 aromatic rings. The molecule has 0 aliphatic carbocycles. The van der Waals surface area contributed by atoms with Gasteiger partial charge >= 0.3 is 0 Å². The fraction of sp³-hybridized carbons (Fsp3) is 0.0556. The van der Waals surface area contributed by atoms with Crippen LogP contribution in [0, 0.1) is 69.4 Å². The number of hydrogen-bond acceptors (Lipinski definition) is 4. The SMILES string of the molecule is Cc1ccc(-c2[c-]ccc(-c3ccc(F)cc3)c2)nc1.Cc1ccc(-c2[c-]ccc(-c3cccc(F)c3)c2)nc1.Cc1ccc(-c2[c-]ccc(-c3ccccc3)c2)nc1.Cc1ccc(-c2[c-]ccc(-c3ccccc3F)c2)nc1.[Ir].[Ir].[Ir].[Ir]. The maximum Gasteiger partial charge on any atom is 0.129 e. The van der Waals surface area contributed by atoms with Gasteiger partial charge in [0.15, 0.2) is 0 Å². The first-order valence-corrected chi connectivity index (χ1v) is 25.6. The summed E-state index contributed by atoms with van der Waals surface area (Å²) in [4.78, 5) is 17.6. The first kappa shape index (κ1) is 66.5. The van der Waals surface area contributed by atoms with Crippen LogP contribution in [0.1, 0.15) is 22.3 Å². The van der Waals surface area contributed by atoms with Gasteiger partial charge in [-0.2, -0.15) is 0 Å². The molecule has 8 aromatic carbocycles. The Labute approximate surface area is 539 Å². The van der Waals surface area contributed by atoms with E-state index in [0.717, 1.165) is 89.5 Å². The van der Waals surface area contributed by atoms with Gasteiger partial charge < -0.3 is 19.9 Å². The molecule has 0 aliphatic heterocycles. The Bertz CT molecular complexity index is 3840. The summed E-state index contributed by atoms with van der Waals surface area (Å²) in [6.45, 7) is 8.05. The fourth-order valence-corrected chi connectivity index (χ4v) is 8.31. The molecular weight excluding hydrogens is 1750 g/mol. The van der Waals surface area contributed by atoms with E-state index in [0.29, 0.717) is 5.56 Å². The Morgan fingerprint density at radius 3 is 1.00 bits per heavy atom. The van der Waals surface area contributed by atoms with Gasteiger partial charge in [0.25, 0.3) is 0 Å². The van der Waals surface area contributed by atoms with E-state index < -0.39 is 0 Å². The Hall–Kier alpha value is -7.25. The molecule has 0 N–H and O–H groups in total. The van der Waals surface area contributed by atoms with Crippen molar-refractivity contribution in [2.24, 2.45) is 0 Å². The van der Waals surface area contributed by atoms with E-state index in [1.807, 2.05) is 168 Å². The maximum atomic E-state index is 13.8. The minimum Gasteiger partial charge on any atom is -0.304 e. The summed E-state index contributed by atoms with van der Waals surface area (Å²) >= 11 is 0. The molecule has 0 spiro atoms. The van der Waals surface area contributed by atoms with Gasteiger partial charge in [-0.15, -0.1) is 136 Å². The first-order valence-electron chi connectivity index (χ1n) is 25.6. The third kappa shape index (κ3) is 19.1. The number of benzene rings is 8. The zero-order chi connectivity index (χ0) is 54.9. The predicted octanol–water partition coefficient (Wildman–Crippen LogP) is 18.5. The third-order valence-corrected chi connectivity index (χ3v) is 12.6. The molecule has 0 amide bonds. The Morgan fingerprint density at radius 1 is 0.277 bits per heavy atom. The molecule has 0 bridgehead atoms. The van der Waals surface area contributed by atoms with E-state index in [1.54, 1.807) is 36.4 Å². The summed E-state index contributed by atoms with van der Waals surface area (Å²) in [5.41, 5.74) is 19.5. The number of nitrogens with zero attached hydrogens (tertiary/aromatic N) is 4. The van der Waals surface area contributed by atoms with Crippen LogP contribution in [-0.2, 0) is 80.4 Å². The van der Waals surface area contributed by atoms with E-state index in [2.05, 4.69) is 86.7 Å². The molecule has 11 heteroatoms. The van der Waals surface area contributed by atoms with Gasteiger partial charge in [0.2, 0.25) is 0 Å². The molecule has 4 aromatic heterocycles. The van der Waals surface area contributed by atoms with E-state index in [4.69, 9.17) is 0 Å². The van der Waals surface area contributed by atoms with Crippen LogP contribution in [0.25, 0.3) is 89.5 Å². The molecule has 0 unspecified atom stereocenters. The summed E-state index contributed by atoms with van der Waals surface area (Å²) in [5.74, 6) is -0.677. The molecule has 4 heterocycles. The van der Waals surface area contributed by atoms with Crippen LogP contribution >= 0.6 is 0 Å². The van der Waals surface area contributed by atoms with Crippen molar-refractivity contribution in [3.8, 4) is 89.5 Å². The van der Waals surface area contributed by atoms with Crippen LogP contribution in [-0.4, -0.2) is 19.9 Å². The molecular formula is C72H53F3Ir4N4-4. The van der Waals surface area contributed by atoms with Gasteiger partial charge in [0, 0.05) is 105 Å². The third-order valence-electron chi connectivity index (χ3n) is 12.6. The minimum atomic E-state index is -0.231. The molecule has 0 fully saturated rings. The van der Waals surface area contributed by atoms with Gasteiger partial charge in [-0.25, -0.2) is 13.2 Å². The molecule has 0 aliphatic rings. The molecule has 83 heavy (non-hydrogen) atoms. The number of halogens is 3. The average Bonchev–Trinajstić information content (AvgIpc) is 3.51. The Balaban J connectivity index is 0.000000199. The van der Waals surface area contributed by atoms with Crippen LogP contribution in [0.15, 0.2) is 249 Å². The second kappa shape index (κ2) is 33.1. The van der Waals surface area contributed by atoms with E-state index in [1.165, 1.54) is 47.0 Å². The molecule has 4 nitrogen and oxygen atoms in total. The summed E-state index contributed by atoms with van der Waals surface area (Å²) in [7, 11) is 0. The molecule has 0 saturated heterocycles. The summed E-state index contributed by atoms with van der Waals surface area (Å²) < 4.78 is 40.1. The zero-order valence-electron chi connectivity index (χ0n) is 45.4. The van der Waals surface area contributed by atoms with Crippen molar-refractivity contribution >= 4 is 0 Å². The summed E-state index contributed by atoms with van der Waals surface area (Å²) in [6, 6.07) is 82.4. The summed E-state index contributed by atoms with van der Waals surface area (Å²) in [5, 5.41) is 0. The van der Waals surface area contributed by atoms with E-state index >= 15 is 0 Å². The van der Waals surface area contributed by atoms with Gasteiger partial charge in [-0.3, -0.25) is 0 Å². The van der Waals surface area contributed by atoms with Crippen LogP contribution in [0.3, 0.4) is 0 Å². The zero-order valence-corrected chi connectivity index (χ0v) is 55.0. The van der Waals surface area contributed by atoms with Gasteiger partial charge in [-0.1, -0.05) is 127 Å². The number of pyridine rings is 4. The molecule has 4 radical (unpaired) electrons. The monoisotopic (exact) mass is 1800 g/mol. The topological polar surface area (TPSA) is 51.6 Å². The van der Waals surface area contributed by atoms with Crippen molar-refractivity contribution in [2.45, 2.75) is 27.7 Å². The predicted molar refractivity (Wildman–Crippen MR) is 315 cm³/mol. The minimum absolute atomic E-state index is 0. The Kier molecular flexibility index (Phi) is 26.6. The second-order valence-electron chi connectivity index (χ2n) is 18.7. The van der Waals surface area contributed by atoms with E-state index in [-0.39, 0.29) is 97.9 Å². The molecule has 0 saturated carbocycles. The average molecular weight is 1800 g/mol. The van der Waals surface area contributed by atoms with Gasteiger partial charge in [0.05, 0.1) is 0 Å². The second-order valence-corrected chi connectivity index (χ2v) is 18.7. The number of hydrogen-bond donors (Lipinski definition) is 0. The Morgan fingerprint density at radius 2 is 0.614 bits per heavy atom. The van der Waals surface area contributed by atoms with Crippen LogP contribution in [0.4, 0.5) is 13.2 Å². The van der Waals surface area contributed by atoms with E-state index in [9.17, 15) is 13.2 Å². The quantitative estimate of drug-likeness (QED) is 0.142. The van der Waals surface area contributed by atoms with Crippen molar-refractivity contribution < 1.29 is 93.6 Å². The van der Waals surface area contributed by atoms with Crippen molar-refractivity contribution in [1.82, 2.24) is 19.9 Å². The first-order chi connectivity index (χ1) is 38.5.